The van der Waals surface area contributed by atoms with E-state index in [1.54, 1.807) is 13.2 Å². The van der Waals surface area contributed by atoms with Gasteiger partial charge in [0.2, 0.25) is 0 Å². The molecule has 0 spiro atoms. The maximum Gasteiger partial charge on any atom is 0.191 e. The second kappa shape index (κ2) is 12.2. The third-order valence-electron chi connectivity index (χ3n) is 10.3. The van der Waals surface area contributed by atoms with Crippen molar-refractivity contribution in [1.82, 2.24) is 0 Å². The van der Waals surface area contributed by atoms with E-state index in [2.05, 4.69) is 111 Å². The highest BCUT2D eigenvalue weighted by atomic mass is 16.5. The minimum atomic E-state index is -1.57. The first-order chi connectivity index (χ1) is 23.2. The van der Waals surface area contributed by atoms with Crippen LogP contribution in [0.3, 0.4) is 0 Å². The molecule has 2 aliphatic rings. The Labute approximate surface area is 283 Å². The zero-order valence-electron chi connectivity index (χ0n) is 28.2. The summed E-state index contributed by atoms with van der Waals surface area (Å²) in [6, 6.07) is 43.1. The molecule has 238 valence electrons. The number of ether oxygens (including phenoxy) is 1. The van der Waals surface area contributed by atoms with Crippen molar-refractivity contribution in [3.63, 3.8) is 0 Å². The van der Waals surface area contributed by atoms with E-state index in [4.69, 9.17) is 4.74 Å². The Morgan fingerprint density at radius 2 is 0.938 bits per heavy atom. The Hall–Kier alpha value is -5.12. The summed E-state index contributed by atoms with van der Waals surface area (Å²) in [5.41, 5.74) is 7.39. The summed E-state index contributed by atoms with van der Waals surface area (Å²) in [6.45, 7) is 8.24. The Morgan fingerprint density at radius 1 is 0.521 bits per heavy atom. The fourth-order valence-electron chi connectivity index (χ4n) is 7.72. The van der Waals surface area contributed by atoms with Gasteiger partial charge in [-0.3, -0.25) is 9.59 Å². The highest BCUT2D eigenvalue weighted by Crippen LogP contribution is 2.61. The van der Waals surface area contributed by atoms with Gasteiger partial charge in [-0.25, -0.2) is 0 Å². The predicted molar refractivity (Wildman–Crippen MR) is 193 cm³/mol. The molecular formula is C45H40O3. The van der Waals surface area contributed by atoms with E-state index in [9.17, 15) is 0 Å². The molecule has 0 radical (unpaired) electrons. The number of Topliss-reactive ketones (excluding diaryl/α,β-unsaturated/α-hetero) is 2. The van der Waals surface area contributed by atoms with Crippen LogP contribution in [0.15, 0.2) is 145 Å². The largest absolute Gasteiger partial charge is 0.362 e. The van der Waals surface area contributed by atoms with Crippen LogP contribution in [0.1, 0.15) is 61.9 Å². The van der Waals surface area contributed by atoms with Crippen molar-refractivity contribution in [3.05, 3.63) is 195 Å². The summed E-state index contributed by atoms with van der Waals surface area (Å²) in [7, 11) is 1.60. The zero-order chi connectivity index (χ0) is 33.6. The first kappa shape index (κ1) is 31.5. The van der Waals surface area contributed by atoms with E-state index in [-0.39, 0.29) is 17.5 Å². The number of rotatable bonds is 8. The molecule has 3 nitrogen and oxygen atoms in total. The van der Waals surface area contributed by atoms with E-state index in [0.717, 1.165) is 55.6 Å². The summed E-state index contributed by atoms with van der Waals surface area (Å²) < 4.78 is 6.50. The fourth-order valence-corrected chi connectivity index (χ4v) is 7.72. The minimum Gasteiger partial charge on any atom is -0.362 e. The monoisotopic (exact) mass is 628 g/mol. The molecular weight excluding hydrogens is 588 g/mol. The molecule has 7 rings (SSSR count). The van der Waals surface area contributed by atoms with Gasteiger partial charge < -0.3 is 4.74 Å². The van der Waals surface area contributed by atoms with Gasteiger partial charge in [0.15, 0.2) is 17.2 Å². The zero-order valence-corrected chi connectivity index (χ0v) is 28.2. The number of allylic oxidation sites excluding steroid dienone is 2. The first-order valence-electron chi connectivity index (χ1n) is 16.6. The first-order valence-corrected chi connectivity index (χ1v) is 16.6. The third kappa shape index (κ3) is 5.01. The predicted octanol–water partition coefficient (Wildman–Crippen LogP) is 9.43. The molecule has 5 aromatic carbocycles. The quantitative estimate of drug-likeness (QED) is 0.127. The van der Waals surface area contributed by atoms with Crippen LogP contribution in [-0.4, -0.2) is 24.3 Å². The SMILES string of the molecule is CO[C@@]12C=C(c3ccccc3)C(=O)[C@@](C(c3ccc(C)cc3)c3ccc(C)cc3)(C=C1C(c1ccc(C)cc1)c1ccc(C)cc1)C2=O. The molecule has 5 aromatic rings. The molecule has 0 heterocycles. The van der Waals surface area contributed by atoms with Gasteiger partial charge in [-0.2, -0.15) is 0 Å². The molecule has 2 atom stereocenters. The van der Waals surface area contributed by atoms with Crippen molar-refractivity contribution in [2.45, 2.75) is 45.1 Å². The Bertz CT molecular complexity index is 1960. The minimum absolute atomic E-state index is 0.209. The van der Waals surface area contributed by atoms with Crippen LogP contribution in [0.4, 0.5) is 0 Å². The molecule has 2 bridgehead atoms. The van der Waals surface area contributed by atoms with Crippen molar-refractivity contribution in [3.8, 4) is 0 Å². The van der Waals surface area contributed by atoms with E-state index in [0.29, 0.717) is 5.57 Å². The molecule has 0 fully saturated rings. The number of methoxy groups -OCH3 is 1. The van der Waals surface area contributed by atoms with Crippen LogP contribution in [0.5, 0.6) is 0 Å². The summed E-state index contributed by atoms with van der Waals surface area (Å²) in [5.74, 6) is -1.38. The van der Waals surface area contributed by atoms with Gasteiger partial charge >= 0.3 is 0 Å². The average Bonchev–Trinajstić information content (AvgIpc) is 3.28. The van der Waals surface area contributed by atoms with Crippen molar-refractivity contribution in [2.75, 3.05) is 7.11 Å². The number of hydrogen-bond acceptors (Lipinski definition) is 3. The van der Waals surface area contributed by atoms with Crippen LogP contribution < -0.4 is 0 Å². The summed E-state index contributed by atoms with van der Waals surface area (Å²) in [4.78, 5) is 31.1. The number of aryl methyl sites for hydroxylation is 4. The number of carbonyl (C=O) groups is 2. The Kier molecular flexibility index (Phi) is 7.97. The van der Waals surface area contributed by atoms with Gasteiger partial charge in [0.05, 0.1) is 0 Å². The number of ketones is 2. The molecule has 0 saturated heterocycles. The van der Waals surface area contributed by atoms with Gasteiger partial charge in [-0.1, -0.05) is 156 Å². The van der Waals surface area contributed by atoms with Crippen LogP contribution in [-0.2, 0) is 14.3 Å². The molecule has 0 saturated carbocycles. The van der Waals surface area contributed by atoms with Crippen molar-refractivity contribution in [2.24, 2.45) is 5.41 Å². The van der Waals surface area contributed by atoms with E-state index < -0.39 is 16.9 Å². The fraction of sp³-hybridized carbons (Fsp3) is 0.200. The van der Waals surface area contributed by atoms with E-state index >= 15 is 9.59 Å². The normalized spacial score (nSPS) is 20.3. The number of benzene rings is 5. The molecule has 0 aromatic heterocycles. The smallest absolute Gasteiger partial charge is 0.191 e. The number of fused-ring (bicyclic) bond motifs is 2. The van der Waals surface area contributed by atoms with Crippen molar-refractivity contribution < 1.29 is 14.3 Å². The summed E-state index contributed by atoms with van der Waals surface area (Å²) in [6.07, 6.45) is 3.81. The lowest BCUT2D eigenvalue weighted by Gasteiger charge is -2.41. The van der Waals surface area contributed by atoms with Crippen molar-refractivity contribution in [1.29, 1.82) is 0 Å². The highest BCUT2D eigenvalue weighted by Gasteiger charge is 2.68. The Morgan fingerprint density at radius 3 is 1.35 bits per heavy atom. The van der Waals surface area contributed by atoms with E-state index in [1.807, 2.05) is 50.3 Å². The second-order valence-electron chi connectivity index (χ2n) is 13.5. The molecule has 2 aliphatic carbocycles. The highest BCUT2D eigenvalue weighted by molar-refractivity contribution is 6.37. The van der Waals surface area contributed by atoms with Crippen molar-refractivity contribution >= 4 is 17.1 Å². The standard InChI is InChI=1S/C45H40O3/c1-29-11-19-34(20-12-29)40(35-21-13-30(2)14-22-35)39-28-44(41(36-23-15-31(3)16-24-36)37-25-17-32(4)18-26-37)42(46)38(33-9-7-6-8-10-33)27-45(39,48-5)43(44)47/h6-28,40-41H,1-5H3/t44-,45-/m0/s1. The lowest BCUT2D eigenvalue weighted by atomic mass is 9.59. The maximum atomic E-state index is 15.6. The van der Waals surface area contributed by atoms with Crippen LogP contribution in [0.25, 0.3) is 5.57 Å². The van der Waals surface area contributed by atoms with Gasteiger partial charge in [0, 0.05) is 24.5 Å². The van der Waals surface area contributed by atoms with E-state index in [1.165, 1.54) is 0 Å². The van der Waals surface area contributed by atoms with Crippen LogP contribution >= 0.6 is 0 Å². The third-order valence-corrected chi connectivity index (χ3v) is 10.3. The number of carbonyl (C=O) groups excluding carboxylic acids is 2. The lowest BCUT2D eigenvalue weighted by Crippen LogP contribution is -2.54. The molecule has 0 N–H and O–H groups in total. The van der Waals surface area contributed by atoms with Gasteiger partial charge in [0.1, 0.15) is 5.41 Å². The molecule has 3 heteroatoms. The average molecular weight is 629 g/mol. The molecule has 48 heavy (non-hydrogen) atoms. The molecule has 0 unspecified atom stereocenters. The second-order valence-corrected chi connectivity index (χ2v) is 13.5. The summed E-state index contributed by atoms with van der Waals surface area (Å²) in [5, 5.41) is 0. The molecule has 0 amide bonds. The molecule has 0 aliphatic heterocycles. The van der Waals surface area contributed by atoms with Gasteiger partial charge in [0.25, 0.3) is 0 Å². The topological polar surface area (TPSA) is 43.4 Å². The van der Waals surface area contributed by atoms with Crippen LogP contribution in [0.2, 0.25) is 0 Å². The lowest BCUT2D eigenvalue weighted by molar-refractivity contribution is -0.145. The Balaban J connectivity index is 1.59. The summed E-state index contributed by atoms with van der Waals surface area (Å²) >= 11 is 0. The number of hydrogen-bond donors (Lipinski definition) is 0. The van der Waals surface area contributed by atoms with Gasteiger partial charge in [-0.15, -0.1) is 0 Å². The van der Waals surface area contributed by atoms with Crippen LogP contribution in [0, 0.1) is 33.1 Å². The van der Waals surface area contributed by atoms with Gasteiger partial charge in [-0.05, 0) is 67.2 Å². The maximum absolute atomic E-state index is 15.6.